The number of nitrogens with one attached hydrogen (secondary N) is 2. The van der Waals surface area contributed by atoms with Crippen LogP contribution in [0.2, 0.25) is 0 Å². The lowest BCUT2D eigenvalue weighted by Gasteiger charge is -2.12. The zero-order valence-corrected chi connectivity index (χ0v) is 18.2. The molecule has 0 aliphatic heterocycles. The van der Waals surface area contributed by atoms with Crippen molar-refractivity contribution in [2.24, 2.45) is 0 Å². The van der Waals surface area contributed by atoms with Gasteiger partial charge in [-0.1, -0.05) is 54.6 Å². The molecule has 2 N–H and O–H groups in total. The second kappa shape index (κ2) is 8.37. The summed E-state index contributed by atoms with van der Waals surface area (Å²) in [7, 11) is -3.74. The minimum Gasteiger partial charge on any atom is -0.322 e. The maximum Gasteiger partial charge on any atom is 0.261 e. The Labute approximate surface area is 191 Å². The van der Waals surface area contributed by atoms with Gasteiger partial charge in [-0.05, 0) is 53.2 Å². The van der Waals surface area contributed by atoms with E-state index in [2.05, 4.69) is 15.0 Å². The molecule has 0 aliphatic rings. The third-order valence-corrected chi connectivity index (χ3v) is 6.68. The summed E-state index contributed by atoms with van der Waals surface area (Å²) in [4.78, 5) is 17.8. The number of aromatic nitrogens is 1. The lowest BCUT2D eigenvalue weighted by Crippen LogP contribution is -2.15. The number of fused-ring (bicyclic) bond motifs is 3. The van der Waals surface area contributed by atoms with Crippen molar-refractivity contribution < 1.29 is 13.2 Å². The van der Waals surface area contributed by atoms with Gasteiger partial charge in [-0.2, -0.15) is 0 Å². The summed E-state index contributed by atoms with van der Waals surface area (Å²) in [6.45, 7) is 0. The molecule has 0 spiro atoms. The van der Waals surface area contributed by atoms with Crippen LogP contribution in [0.5, 0.6) is 0 Å². The zero-order chi connectivity index (χ0) is 22.8. The molecule has 1 aromatic heterocycles. The number of pyridine rings is 1. The van der Waals surface area contributed by atoms with Crippen molar-refractivity contribution in [3.8, 4) is 0 Å². The Morgan fingerprint density at radius 2 is 1.45 bits per heavy atom. The van der Waals surface area contributed by atoms with E-state index < -0.39 is 10.0 Å². The fourth-order valence-corrected chi connectivity index (χ4v) is 4.85. The van der Waals surface area contributed by atoms with Crippen LogP contribution >= 0.6 is 0 Å². The maximum atomic E-state index is 13.2. The van der Waals surface area contributed by atoms with Gasteiger partial charge < -0.3 is 5.32 Å². The number of hydrogen-bond acceptors (Lipinski definition) is 4. The van der Waals surface area contributed by atoms with Crippen LogP contribution in [0, 0.1) is 0 Å². The van der Waals surface area contributed by atoms with Crippen molar-refractivity contribution in [3.63, 3.8) is 0 Å². The number of carbonyl (C=O) groups is 1. The first-order valence-electron chi connectivity index (χ1n) is 10.3. The van der Waals surface area contributed by atoms with Crippen LogP contribution in [0.15, 0.2) is 108 Å². The van der Waals surface area contributed by atoms with Crippen LogP contribution in [-0.4, -0.2) is 19.3 Å². The van der Waals surface area contributed by atoms with Gasteiger partial charge in [0.15, 0.2) is 0 Å². The predicted molar refractivity (Wildman–Crippen MR) is 131 cm³/mol. The van der Waals surface area contributed by atoms with Crippen LogP contribution in [0.1, 0.15) is 10.4 Å². The number of sulfonamides is 1. The van der Waals surface area contributed by atoms with E-state index in [9.17, 15) is 13.2 Å². The Bertz CT molecular complexity index is 1600. The van der Waals surface area contributed by atoms with Crippen LogP contribution in [-0.2, 0) is 10.0 Å². The van der Waals surface area contributed by atoms with Crippen molar-refractivity contribution in [2.75, 3.05) is 10.0 Å². The minimum absolute atomic E-state index is 0.160. The third-order valence-electron chi connectivity index (χ3n) is 5.28. The molecule has 1 amide bonds. The third kappa shape index (κ3) is 4.14. The monoisotopic (exact) mass is 453 g/mol. The van der Waals surface area contributed by atoms with Gasteiger partial charge in [0.2, 0.25) is 0 Å². The number of nitrogens with zero attached hydrogens (tertiary/aromatic N) is 1. The first kappa shape index (κ1) is 20.7. The SMILES string of the molecule is O=C(Nc1cccc(NS(=O)(=O)c2ccccc2)c1)c1cc2ccccc2c2cccnc12. The number of carbonyl (C=O) groups excluding carboxylic acids is 1. The average Bonchev–Trinajstić information content (AvgIpc) is 2.84. The van der Waals surface area contributed by atoms with Gasteiger partial charge in [-0.3, -0.25) is 14.5 Å². The highest BCUT2D eigenvalue weighted by molar-refractivity contribution is 7.92. The first-order chi connectivity index (χ1) is 16.0. The average molecular weight is 454 g/mol. The van der Waals surface area contributed by atoms with Gasteiger partial charge in [0, 0.05) is 17.3 Å². The number of anilines is 2. The van der Waals surface area contributed by atoms with E-state index in [0.717, 1.165) is 16.2 Å². The number of rotatable bonds is 5. The summed E-state index contributed by atoms with van der Waals surface area (Å²) >= 11 is 0. The Balaban J connectivity index is 1.46. The number of hydrogen-bond donors (Lipinski definition) is 2. The lowest BCUT2D eigenvalue weighted by molar-refractivity contribution is 0.102. The molecular weight excluding hydrogens is 434 g/mol. The van der Waals surface area contributed by atoms with E-state index in [-0.39, 0.29) is 10.8 Å². The second-order valence-electron chi connectivity index (χ2n) is 7.50. The van der Waals surface area contributed by atoms with Gasteiger partial charge in [0.05, 0.1) is 21.7 Å². The minimum atomic E-state index is -3.74. The summed E-state index contributed by atoms with van der Waals surface area (Å²) in [6.07, 6.45) is 1.66. The topological polar surface area (TPSA) is 88.2 Å². The molecular formula is C26H19N3O3S. The molecule has 0 fully saturated rings. The first-order valence-corrected chi connectivity index (χ1v) is 11.8. The predicted octanol–water partition coefficient (Wildman–Crippen LogP) is 5.44. The molecule has 5 rings (SSSR count). The molecule has 0 bridgehead atoms. The lowest BCUT2D eigenvalue weighted by atomic mass is 10.0. The molecule has 0 atom stereocenters. The Morgan fingerprint density at radius 3 is 2.30 bits per heavy atom. The Morgan fingerprint density at radius 1 is 0.727 bits per heavy atom. The molecule has 4 aromatic carbocycles. The van der Waals surface area contributed by atoms with Crippen LogP contribution in [0.4, 0.5) is 11.4 Å². The van der Waals surface area contributed by atoms with E-state index in [4.69, 9.17) is 0 Å². The standard InChI is InChI=1S/C26H19N3O3S/c30-26(24-16-18-8-4-5-13-22(18)23-14-7-15-27-25(23)24)28-19-9-6-10-20(17-19)29-33(31,32)21-11-2-1-3-12-21/h1-17,29H,(H,28,30). The molecule has 1 heterocycles. The highest BCUT2D eigenvalue weighted by atomic mass is 32.2. The smallest absolute Gasteiger partial charge is 0.261 e. The number of amides is 1. The Hall–Kier alpha value is -4.23. The van der Waals surface area contributed by atoms with Gasteiger partial charge in [-0.15, -0.1) is 0 Å². The van der Waals surface area contributed by atoms with Crippen molar-refractivity contribution in [1.29, 1.82) is 0 Å². The summed E-state index contributed by atoms with van der Waals surface area (Å²) < 4.78 is 27.8. The molecule has 6 nitrogen and oxygen atoms in total. The van der Waals surface area contributed by atoms with E-state index in [1.165, 1.54) is 12.1 Å². The molecule has 33 heavy (non-hydrogen) atoms. The van der Waals surface area contributed by atoms with E-state index in [1.807, 2.05) is 42.5 Å². The van der Waals surface area contributed by atoms with Gasteiger partial charge in [-0.25, -0.2) is 8.42 Å². The second-order valence-corrected chi connectivity index (χ2v) is 9.18. The van der Waals surface area contributed by atoms with Crippen molar-refractivity contribution >= 4 is 49.0 Å². The highest BCUT2D eigenvalue weighted by Crippen LogP contribution is 2.28. The molecule has 0 saturated heterocycles. The van der Waals surface area contributed by atoms with E-state index in [1.54, 1.807) is 48.7 Å². The van der Waals surface area contributed by atoms with E-state index in [0.29, 0.717) is 22.5 Å². The molecule has 0 radical (unpaired) electrons. The van der Waals surface area contributed by atoms with Gasteiger partial charge in [0.1, 0.15) is 0 Å². The molecule has 7 heteroatoms. The summed E-state index contributed by atoms with van der Waals surface area (Å²) in [5.41, 5.74) is 1.86. The fourth-order valence-electron chi connectivity index (χ4n) is 3.77. The maximum absolute atomic E-state index is 13.2. The summed E-state index contributed by atoms with van der Waals surface area (Å²) in [5, 5.41) is 5.72. The molecule has 5 aromatic rings. The molecule has 162 valence electrons. The van der Waals surface area contributed by atoms with Gasteiger partial charge >= 0.3 is 0 Å². The summed E-state index contributed by atoms with van der Waals surface area (Å²) in [6, 6.07) is 28.1. The van der Waals surface area contributed by atoms with E-state index >= 15 is 0 Å². The summed E-state index contributed by atoms with van der Waals surface area (Å²) in [5.74, 6) is -0.326. The molecule has 0 unspecified atom stereocenters. The highest BCUT2D eigenvalue weighted by Gasteiger charge is 2.16. The number of benzene rings is 4. The van der Waals surface area contributed by atoms with Crippen LogP contribution < -0.4 is 10.0 Å². The fraction of sp³-hybridized carbons (Fsp3) is 0. The normalized spacial score (nSPS) is 11.4. The quantitative estimate of drug-likeness (QED) is 0.347. The van der Waals surface area contributed by atoms with Crippen LogP contribution in [0.3, 0.4) is 0 Å². The zero-order valence-electron chi connectivity index (χ0n) is 17.4. The van der Waals surface area contributed by atoms with Crippen molar-refractivity contribution in [1.82, 2.24) is 4.98 Å². The van der Waals surface area contributed by atoms with Gasteiger partial charge in [0.25, 0.3) is 15.9 Å². The molecule has 0 saturated carbocycles. The van der Waals surface area contributed by atoms with Crippen LogP contribution in [0.25, 0.3) is 21.7 Å². The largest absolute Gasteiger partial charge is 0.322 e. The van der Waals surface area contributed by atoms with Crippen molar-refractivity contribution in [3.05, 3.63) is 109 Å². The van der Waals surface area contributed by atoms with Crippen molar-refractivity contribution in [2.45, 2.75) is 4.90 Å². The molecule has 0 aliphatic carbocycles. The Kier molecular flexibility index (Phi) is 5.24.